The van der Waals surface area contributed by atoms with Crippen LogP contribution in [0.2, 0.25) is 0 Å². The van der Waals surface area contributed by atoms with Gasteiger partial charge in [-0.3, -0.25) is 0 Å². The Morgan fingerprint density at radius 3 is 2.76 bits per heavy atom. The van der Waals surface area contributed by atoms with Crippen LogP contribution in [-0.2, 0) is 0 Å². The van der Waals surface area contributed by atoms with Gasteiger partial charge >= 0.3 is 0 Å². The van der Waals surface area contributed by atoms with Gasteiger partial charge in [-0.15, -0.1) is 0 Å². The molecule has 0 unspecified atom stereocenters. The fraction of sp³-hybridized carbons (Fsp3) is 0.615. The number of aliphatic hydroxyl groups is 1. The summed E-state index contributed by atoms with van der Waals surface area (Å²) in [7, 11) is 0. The van der Waals surface area contributed by atoms with Crippen LogP contribution < -0.4 is 4.90 Å². The van der Waals surface area contributed by atoms with E-state index in [4.69, 9.17) is 0 Å². The minimum atomic E-state index is 0.188. The molecule has 1 aliphatic carbocycles. The summed E-state index contributed by atoms with van der Waals surface area (Å²) in [4.78, 5) is 6.73. The van der Waals surface area contributed by atoms with Gasteiger partial charge in [-0.25, -0.2) is 4.98 Å². The van der Waals surface area contributed by atoms with Crippen LogP contribution in [0.15, 0.2) is 16.7 Å². The largest absolute Gasteiger partial charge is 0.395 e. The van der Waals surface area contributed by atoms with Crippen LogP contribution in [0.25, 0.3) is 0 Å². The number of anilines is 1. The molecule has 1 heterocycles. The monoisotopic (exact) mass is 298 g/mol. The van der Waals surface area contributed by atoms with Gasteiger partial charge in [-0.05, 0) is 47.3 Å². The molecule has 1 saturated carbocycles. The predicted octanol–water partition coefficient (Wildman–Crippen LogP) is 2.89. The van der Waals surface area contributed by atoms with Gasteiger partial charge in [0.05, 0.1) is 6.61 Å². The van der Waals surface area contributed by atoms with Crippen molar-refractivity contribution in [2.45, 2.75) is 38.6 Å². The SMILES string of the molecule is Cc1cc(N(CCO)C2CCCC2)ncc1Br. The number of aryl methyl sites for hydroxylation is 1. The Bertz CT molecular complexity index is 378. The second-order valence-electron chi connectivity index (χ2n) is 4.65. The maximum Gasteiger partial charge on any atom is 0.129 e. The molecule has 3 nitrogen and oxygen atoms in total. The minimum absolute atomic E-state index is 0.188. The number of aromatic nitrogens is 1. The van der Waals surface area contributed by atoms with E-state index in [1.165, 1.54) is 31.2 Å². The summed E-state index contributed by atoms with van der Waals surface area (Å²) in [6, 6.07) is 2.65. The number of halogens is 1. The Kier molecular flexibility index (Phi) is 4.40. The lowest BCUT2D eigenvalue weighted by Gasteiger charge is -2.29. The molecule has 2 rings (SSSR count). The molecule has 1 aromatic rings. The van der Waals surface area contributed by atoms with Gasteiger partial charge in [-0.2, -0.15) is 0 Å². The molecule has 0 atom stereocenters. The third kappa shape index (κ3) is 2.99. The molecule has 0 aliphatic heterocycles. The van der Waals surface area contributed by atoms with Crippen LogP contribution in [-0.4, -0.2) is 29.3 Å². The van der Waals surface area contributed by atoms with Crippen molar-refractivity contribution in [3.05, 3.63) is 22.3 Å². The van der Waals surface area contributed by atoms with Crippen molar-refractivity contribution in [3.8, 4) is 0 Å². The lowest BCUT2D eigenvalue weighted by atomic mass is 10.2. The molecule has 0 spiro atoms. The first-order valence-electron chi connectivity index (χ1n) is 6.22. The number of hydrogen-bond donors (Lipinski definition) is 1. The molecule has 0 amide bonds. The van der Waals surface area contributed by atoms with Crippen molar-refractivity contribution >= 4 is 21.7 Å². The summed E-state index contributed by atoms with van der Waals surface area (Å²) < 4.78 is 1.04. The molecule has 0 aromatic carbocycles. The van der Waals surface area contributed by atoms with E-state index < -0.39 is 0 Å². The first kappa shape index (κ1) is 12.8. The van der Waals surface area contributed by atoms with E-state index in [0.29, 0.717) is 12.6 Å². The van der Waals surface area contributed by atoms with Crippen molar-refractivity contribution in [1.82, 2.24) is 4.98 Å². The van der Waals surface area contributed by atoms with Crippen molar-refractivity contribution in [3.63, 3.8) is 0 Å². The van der Waals surface area contributed by atoms with Crippen LogP contribution in [0.5, 0.6) is 0 Å². The summed E-state index contributed by atoms with van der Waals surface area (Å²) in [6.45, 7) is 2.94. The molecule has 1 N–H and O–H groups in total. The van der Waals surface area contributed by atoms with E-state index in [0.717, 1.165) is 10.3 Å². The fourth-order valence-electron chi connectivity index (χ4n) is 2.49. The zero-order valence-corrected chi connectivity index (χ0v) is 11.8. The molecule has 0 bridgehead atoms. The van der Waals surface area contributed by atoms with E-state index in [-0.39, 0.29) is 6.61 Å². The molecule has 94 valence electrons. The highest BCUT2D eigenvalue weighted by Gasteiger charge is 2.23. The third-order valence-corrected chi connectivity index (χ3v) is 4.26. The molecule has 1 fully saturated rings. The Hall–Kier alpha value is -0.610. The van der Waals surface area contributed by atoms with Gasteiger partial charge in [0.1, 0.15) is 5.82 Å². The fourth-order valence-corrected chi connectivity index (χ4v) is 2.71. The highest BCUT2D eigenvalue weighted by molar-refractivity contribution is 9.10. The average molecular weight is 299 g/mol. The van der Waals surface area contributed by atoms with Crippen molar-refractivity contribution in [1.29, 1.82) is 0 Å². The quantitative estimate of drug-likeness (QED) is 0.928. The Labute approximate surface area is 111 Å². The maximum absolute atomic E-state index is 9.20. The van der Waals surface area contributed by atoms with Crippen molar-refractivity contribution in [2.24, 2.45) is 0 Å². The highest BCUT2D eigenvalue weighted by atomic mass is 79.9. The van der Waals surface area contributed by atoms with Crippen molar-refractivity contribution in [2.75, 3.05) is 18.1 Å². The molecule has 17 heavy (non-hydrogen) atoms. The summed E-state index contributed by atoms with van der Waals surface area (Å²) in [6.07, 6.45) is 6.88. The Balaban J connectivity index is 2.21. The highest BCUT2D eigenvalue weighted by Crippen LogP contribution is 2.28. The Morgan fingerprint density at radius 1 is 1.47 bits per heavy atom. The summed E-state index contributed by atoms with van der Waals surface area (Å²) in [5, 5.41) is 9.20. The minimum Gasteiger partial charge on any atom is -0.395 e. The van der Waals surface area contributed by atoms with Crippen LogP contribution in [0.1, 0.15) is 31.2 Å². The standard InChI is InChI=1S/C13H19BrN2O/c1-10-8-13(15-9-12(10)14)16(6-7-17)11-4-2-3-5-11/h8-9,11,17H,2-7H2,1H3. The lowest BCUT2D eigenvalue weighted by Crippen LogP contribution is -2.36. The van der Waals surface area contributed by atoms with Crippen LogP contribution in [0.4, 0.5) is 5.82 Å². The summed E-state index contributed by atoms with van der Waals surface area (Å²) in [5.41, 5.74) is 1.19. The number of nitrogens with zero attached hydrogens (tertiary/aromatic N) is 2. The molecular weight excluding hydrogens is 280 g/mol. The molecule has 0 saturated heterocycles. The van der Waals surface area contributed by atoms with Crippen molar-refractivity contribution < 1.29 is 5.11 Å². The van der Waals surface area contributed by atoms with Gasteiger partial charge in [0.25, 0.3) is 0 Å². The number of hydrogen-bond acceptors (Lipinski definition) is 3. The normalized spacial score (nSPS) is 16.4. The zero-order chi connectivity index (χ0) is 12.3. The molecular formula is C13H19BrN2O. The van der Waals surface area contributed by atoms with Crippen LogP contribution in [0.3, 0.4) is 0 Å². The average Bonchev–Trinajstić information content (AvgIpc) is 2.83. The number of aliphatic hydroxyl groups excluding tert-OH is 1. The van der Waals surface area contributed by atoms with E-state index in [1.807, 2.05) is 6.20 Å². The van der Waals surface area contributed by atoms with E-state index in [9.17, 15) is 5.11 Å². The summed E-state index contributed by atoms with van der Waals surface area (Å²) in [5.74, 6) is 0.992. The van der Waals surface area contributed by atoms with Gasteiger partial charge in [0.2, 0.25) is 0 Å². The van der Waals surface area contributed by atoms with Gasteiger partial charge in [0.15, 0.2) is 0 Å². The molecule has 1 aromatic heterocycles. The predicted molar refractivity (Wildman–Crippen MR) is 73.4 cm³/mol. The Morgan fingerprint density at radius 2 is 2.18 bits per heavy atom. The molecule has 1 aliphatic rings. The van der Waals surface area contributed by atoms with E-state index >= 15 is 0 Å². The smallest absolute Gasteiger partial charge is 0.129 e. The lowest BCUT2D eigenvalue weighted by molar-refractivity contribution is 0.297. The van der Waals surface area contributed by atoms with Gasteiger partial charge < -0.3 is 10.0 Å². The molecule has 0 radical (unpaired) electrons. The maximum atomic E-state index is 9.20. The topological polar surface area (TPSA) is 36.4 Å². The second kappa shape index (κ2) is 5.83. The summed E-state index contributed by atoms with van der Waals surface area (Å²) >= 11 is 3.47. The number of rotatable bonds is 4. The first-order valence-corrected chi connectivity index (χ1v) is 7.01. The third-order valence-electron chi connectivity index (χ3n) is 3.43. The van der Waals surface area contributed by atoms with Gasteiger partial charge in [0, 0.05) is 23.3 Å². The van der Waals surface area contributed by atoms with E-state index in [1.54, 1.807) is 0 Å². The van der Waals surface area contributed by atoms with Gasteiger partial charge in [-0.1, -0.05) is 12.8 Å². The van der Waals surface area contributed by atoms with E-state index in [2.05, 4.69) is 38.8 Å². The van der Waals surface area contributed by atoms with Crippen LogP contribution in [0, 0.1) is 6.92 Å². The first-order chi connectivity index (χ1) is 8.22. The molecule has 4 heteroatoms. The second-order valence-corrected chi connectivity index (χ2v) is 5.50. The number of pyridine rings is 1. The van der Waals surface area contributed by atoms with Crippen LogP contribution >= 0.6 is 15.9 Å². The zero-order valence-electron chi connectivity index (χ0n) is 10.2.